The van der Waals surface area contributed by atoms with Gasteiger partial charge < -0.3 is 14.8 Å². The molecule has 0 spiro atoms. The van der Waals surface area contributed by atoms with Crippen LogP contribution < -0.4 is 14.8 Å². The normalized spacial score (nSPS) is 10.9. The zero-order valence-electron chi connectivity index (χ0n) is 16.4. The van der Waals surface area contributed by atoms with Crippen LogP contribution in [-0.2, 0) is 6.42 Å². The molecule has 0 saturated heterocycles. The molecule has 0 aliphatic rings. The highest BCUT2D eigenvalue weighted by Gasteiger charge is 2.14. The fraction of sp³-hybridized carbons (Fsp3) is 0.190. The number of carbonyl (C=O) groups is 1. The number of aromatic nitrogens is 3. The first kappa shape index (κ1) is 20.4. The molecule has 4 rings (SSSR count). The van der Waals surface area contributed by atoms with Gasteiger partial charge in [0.15, 0.2) is 17.3 Å². The number of rotatable bonds is 7. The Bertz CT molecular complexity index is 1190. The number of ether oxygens (including phenoxy) is 2. The first-order valence-electron chi connectivity index (χ1n) is 9.18. The number of amides is 1. The molecule has 0 fully saturated rings. The molecule has 2 heterocycles. The SMILES string of the molecule is COc1ccc(-c2nc3scc(CCNC(=O)c4ccc(Br)cc4)n3n2)cc1OC. The second-order valence-corrected chi connectivity index (χ2v) is 8.19. The third-order valence-corrected chi connectivity index (χ3v) is 5.96. The summed E-state index contributed by atoms with van der Waals surface area (Å²) >= 11 is 4.89. The lowest BCUT2D eigenvalue weighted by Crippen LogP contribution is -2.25. The van der Waals surface area contributed by atoms with Gasteiger partial charge in [-0.25, -0.2) is 4.52 Å². The highest BCUT2D eigenvalue weighted by atomic mass is 79.9. The summed E-state index contributed by atoms with van der Waals surface area (Å²) in [5.41, 5.74) is 2.47. The van der Waals surface area contributed by atoms with E-state index in [0.717, 1.165) is 20.7 Å². The van der Waals surface area contributed by atoms with Gasteiger partial charge >= 0.3 is 0 Å². The van der Waals surface area contributed by atoms with Crippen molar-refractivity contribution in [3.63, 3.8) is 0 Å². The molecule has 9 heteroatoms. The number of carbonyl (C=O) groups excluding carboxylic acids is 1. The maximum absolute atomic E-state index is 12.3. The first-order valence-corrected chi connectivity index (χ1v) is 10.9. The molecule has 4 aromatic rings. The lowest BCUT2D eigenvalue weighted by Gasteiger charge is -2.07. The molecular weight excluding hydrogens is 468 g/mol. The van der Waals surface area contributed by atoms with Gasteiger partial charge in [-0.3, -0.25) is 4.79 Å². The number of benzene rings is 2. The minimum atomic E-state index is -0.0985. The largest absolute Gasteiger partial charge is 0.493 e. The van der Waals surface area contributed by atoms with E-state index in [4.69, 9.17) is 9.47 Å². The van der Waals surface area contributed by atoms with E-state index in [1.807, 2.05) is 40.2 Å². The monoisotopic (exact) mass is 486 g/mol. The number of halogens is 1. The molecule has 1 N–H and O–H groups in total. The lowest BCUT2D eigenvalue weighted by molar-refractivity contribution is 0.0954. The van der Waals surface area contributed by atoms with E-state index in [1.165, 1.54) is 11.3 Å². The van der Waals surface area contributed by atoms with Crippen LogP contribution in [0.3, 0.4) is 0 Å². The highest BCUT2D eigenvalue weighted by molar-refractivity contribution is 9.10. The molecule has 0 saturated carbocycles. The number of nitrogens with zero attached hydrogens (tertiary/aromatic N) is 3. The van der Waals surface area contributed by atoms with E-state index in [-0.39, 0.29) is 5.91 Å². The van der Waals surface area contributed by atoms with E-state index in [9.17, 15) is 4.79 Å². The number of hydrogen-bond donors (Lipinski definition) is 1. The van der Waals surface area contributed by atoms with E-state index < -0.39 is 0 Å². The summed E-state index contributed by atoms with van der Waals surface area (Å²) in [4.78, 5) is 17.7. The Morgan fingerprint density at radius 3 is 2.63 bits per heavy atom. The minimum Gasteiger partial charge on any atom is -0.493 e. The average Bonchev–Trinajstić information content (AvgIpc) is 3.35. The van der Waals surface area contributed by atoms with Crippen molar-refractivity contribution in [1.82, 2.24) is 19.9 Å². The van der Waals surface area contributed by atoms with Crippen LogP contribution >= 0.6 is 27.3 Å². The van der Waals surface area contributed by atoms with Crippen molar-refractivity contribution in [1.29, 1.82) is 0 Å². The van der Waals surface area contributed by atoms with Gasteiger partial charge in [0.05, 0.1) is 19.9 Å². The molecule has 0 bridgehead atoms. The molecule has 0 unspecified atom stereocenters. The quantitative estimate of drug-likeness (QED) is 0.423. The molecule has 7 nitrogen and oxygen atoms in total. The molecular formula is C21H19BrN4O3S. The summed E-state index contributed by atoms with van der Waals surface area (Å²) in [6.45, 7) is 0.506. The van der Waals surface area contributed by atoms with E-state index in [2.05, 4.69) is 31.3 Å². The average molecular weight is 487 g/mol. The maximum Gasteiger partial charge on any atom is 0.251 e. The van der Waals surface area contributed by atoms with Gasteiger partial charge in [0.2, 0.25) is 4.96 Å². The van der Waals surface area contributed by atoms with Crippen molar-refractivity contribution >= 4 is 38.1 Å². The van der Waals surface area contributed by atoms with E-state index in [1.54, 1.807) is 26.4 Å². The smallest absolute Gasteiger partial charge is 0.251 e. The van der Waals surface area contributed by atoms with Gasteiger partial charge in [0.1, 0.15) is 0 Å². The summed E-state index contributed by atoms with van der Waals surface area (Å²) in [6, 6.07) is 12.9. The molecule has 0 radical (unpaired) electrons. The van der Waals surface area contributed by atoms with Crippen molar-refractivity contribution in [3.8, 4) is 22.9 Å². The van der Waals surface area contributed by atoms with Gasteiger partial charge in [-0.1, -0.05) is 15.9 Å². The summed E-state index contributed by atoms with van der Waals surface area (Å²) in [5.74, 6) is 1.80. The zero-order chi connectivity index (χ0) is 21.1. The van der Waals surface area contributed by atoms with E-state index in [0.29, 0.717) is 35.9 Å². The van der Waals surface area contributed by atoms with Crippen LogP contribution in [-0.4, -0.2) is 41.3 Å². The van der Waals surface area contributed by atoms with Crippen LogP contribution in [0.5, 0.6) is 11.5 Å². The van der Waals surface area contributed by atoms with Crippen molar-refractivity contribution in [2.24, 2.45) is 0 Å². The number of thiazole rings is 1. The summed E-state index contributed by atoms with van der Waals surface area (Å²) < 4.78 is 13.4. The van der Waals surface area contributed by atoms with Gasteiger partial charge in [0, 0.05) is 33.9 Å². The highest BCUT2D eigenvalue weighted by Crippen LogP contribution is 2.31. The van der Waals surface area contributed by atoms with Crippen LogP contribution in [0.15, 0.2) is 52.3 Å². The second-order valence-electron chi connectivity index (χ2n) is 6.44. The van der Waals surface area contributed by atoms with Crippen molar-refractivity contribution in [2.75, 3.05) is 20.8 Å². The Balaban J connectivity index is 1.47. The predicted molar refractivity (Wildman–Crippen MR) is 120 cm³/mol. The third kappa shape index (κ3) is 4.17. The molecule has 0 atom stereocenters. The fourth-order valence-electron chi connectivity index (χ4n) is 3.00. The van der Waals surface area contributed by atoms with Crippen molar-refractivity contribution in [3.05, 3.63) is 63.6 Å². The Morgan fingerprint density at radius 1 is 1.13 bits per heavy atom. The standard InChI is InChI=1S/C21H19BrN4O3S/c1-28-17-8-5-14(11-18(17)29-2)19-24-21-26(25-19)16(12-30-21)9-10-23-20(27)13-3-6-15(22)7-4-13/h3-8,11-12H,9-10H2,1-2H3,(H,23,27). The van der Waals surface area contributed by atoms with Crippen LogP contribution in [0.2, 0.25) is 0 Å². The van der Waals surface area contributed by atoms with Crippen LogP contribution in [0.4, 0.5) is 0 Å². The van der Waals surface area contributed by atoms with Gasteiger partial charge in [0.25, 0.3) is 5.91 Å². The third-order valence-electron chi connectivity index (χ3n) is 4.56. The fourth-order valence-corrected chi connectivity index (χ4v) is 4.12. The number of methoxy groups -OCH3 is 2. The maximum atomic E-state index is 12.3. The molecule has 0 aliphatic heterocycles. The number of hydrogen-bond acceptors (Lipinski definition) is 6. The summed E-state index contributed by atoms with van der Waals surface area (Å²) in [6.07, 6.45) is 0.650. The Hall–Kier alpha value is -2.91. The predicted octanol–water partition coefficient (Wildman–Crippen LogP) is 4.21. The summed E-state index contributed by atoms with van der Waals surface area (Å²) in [7, 11) is 3.20. The Morgan fingerprint density at radius 2 is 1.90 bits per heavy atom. The Labute approximate surface area is 185 Å². The van der Waals surface area contributed by atoms with Gasteiger partial charge in [-0.15, -0.1) is 16.4 Å². The molecule has 0 aliphatic carbocycles. The lowest BCUT2D eigenvalue weighted by atomic mass is 10.2. The first-order chi connectivity index (χ1) is 14.6. The number of nitrogens with one attached hydrogen (secondary N) is 1. The topological polar surface area (TPSA) is 77.8 Å². The van der Waals surface area contributed by atoms with E-state index >= 15 is 0 Å². The Kier molecular flexibility index (Phi) is 6.01. The second kappa shape index (κ2) is 8.85. The molecule has 2 aromatic heterocycles. The van der Waals surface area contributed by atoms with Crippen molar-refractivity contribution in [2.45, 2.75) is 6.42 Å². The van der Waals surface area contributed by atoms with Crippen molar-refractivity contribution < 1.29 is 14.3 Å². The van der Waals surface area contributed by atoms with Gasteiger partial charge in [-0.05, 0) is 42.5 Å². The molecule has 30 heavy (non-hydrogen) atoms. The molecule has 1 amide bonds. The molecule has 2 aromatic carbocycles. The summed E-state index contributed by atoms with van der Waals surface area (Å²) in [5, 5.41) is 9.60. The van der Waals surface area contributed by atoms with Crippen LogP contribution in [0.25, 0.3) is 16.3 Å². The van der Waals surface area contributed by atoms with Crippen LogP contribution in [0, 0.1) is 0 Å². The number of fused-ring (bicyclic) bond motifs is 1. The zero-order valence-corrected chi connectivity index (χ0v) is 18.8. The minimum absolute atomic E-state index is 0.0985. The molecule has 154 valence electrons. The van der Waals surface area contributed by atoms with Gasteiger partial charge in [-0.2, -0.15) is 4.98 Å². The van der Waals surface area contributed by atoms with Crippen LogP contribution in [0.1, 0.15) is 16.1 Å².